The van der Waals surface area contributed by atoms with Gasteiger partial charge in [0.25, 0.3) is 6.02 Å². The van der Waals surface area contributed by atoms with Crippen molar-refractivity contribution in [2.45, 2.75) is 20.0 Å². The van der Waals surface area contributed by atoms with Gasteiger partial charge in [-0.15, -0.1) is 0 Å². The highest BCUT2D eigenvalue weighted by Gasteiger charge is 2.01. The van der Waals surface area contributed by atoms with Gasteiger partial charge in [-0.3, -0.25) is 0 Å². The van der Waals surface area contributed by atoms with E-state index in [9.17, 15) is 0 Å². The lowest BCUT2D eigenvalue weighted by Gasteiger charge is -2.13. The molecule has 0 aromatic rings. The minimum Gasteiger partial charge on any atom is -0.462 e. The van der Waals surface area contributed by atoms with Crippen molar-refractivity contribution in [1.29, 1.82) is 0 Å². The number of rotatable bonds is 1. The van der Waals surface area contributed by atoms with Crippen molar-refractivity contribution in [3.63, 3.8) is 0 Å². The zero-order chi connectivity index (χ0) is 7.40. The van der Waals surface area contributed by atoms with E-state index in [0.717, 1.165) is 6.54 Å². The van der Waals surface area contributed by atoms with Gasteiger partial charge in [0.05, 0.1) is 12.6 Å². The largest absolute Gasteiger partial charge is 0.462 e. The Morgan fingerprint density at radius 1 is 1.70 bits per heavy atom. The Hall–Kier alpha value is -0.990. The standard InChI is InChI=1S/C7H12N2O/c1-6(2)10-7-8-4-3-5-9-7/h3-4,6H,5H2,1-2H3,(H,8,9). The van der Waals surface area contributed by atoms with Gasteiger partial charge in [0.2, 0.25) is 0 Å². The summed E-state index contributed by atoms with van der Waals surface area (Å²) in [7, 11) is 0. The molecule has 10 heavy (non-hydrogen) atoms. The van der Waals surface area contributed by atoms with Gasteiger partial charge in [0, 0.05) is 6.20 Å². The van der Waals surface area contributed by atoms with Crippen LogP contribution in [0.2, 0.25) is 0 Å². The average Bonchev–Trinajstić information content (AvgIpc) is 1.88. The lowest BCUT2D eigenvalue weighted by atomic mass is 10.5. The number of hydrogen-bond donors (Lipinski definition) is 1. The summed E-state index contributed by atoms with van der Waals surface area (Å²) in [5.74, 6) is 0. The quantitative estimate of drug-likeness (QED) is 0.586. The lowest BCUT2D eigenvalue weighted by Crippen LogP contribution is -2.26. The average molecular weight is 140 g/mol. The predicted molar refractivity (Wildman–Crippen MR) is 40.8 cm³/mol. The first-order valence-electron chi connectivity index (χ1n) is 3.41. The number of amidine groups is 1. The van der Waals surface area contributed by atoms with E-state index in [1.165, 1.54) is 0 Å². The van der Waals surface area contributed by atoms with Crippen molar-refractivity contribution in [1.82, 2.24) is 5.32 Å². The summed E-state index contributed by atoms with van der Waals surface area (Å²) >= 11 is 0. The zero-order valence-electron chi connectivity index (χ0n) is 6.29. The Kier molecular flexibility index (Phi) is 2.31. The fourth-order valence-corrected chi connectivity index (χ4v) is 0.659. The minimum absolute atomic E-state index is 0.192. The van der Waals surface area contributed by atoms with Crippen LogP contribution < -0.4 is 5.32 Å². The van der Waals surface area contributed by atoms with Gasteiger partial charge in [-0.25, -0.2) is 4.99 Å². The molecular weight excluding hydrogens is 128 g/mol. The number of hydrogen-bond acceptors (Lipinski definition) is 3. The molecule has 1 N–H and O–H groups in total. The maximum atomic E-state index is 5.28. The highest BCUT2D eigenvalue weighted by Crippen LogP contribution is 1.92. The van der Waals surface area contributed by atoms with E-state index in [-0.39, 0.29) is 6.10 Å². The Bertz CT molecular complexity index is 161. The molecule has 0 amide bonds. The fourth-order valence-electron chi connectivity index (χ4n) is 0.659. The highest BCUT2D eigenvalue weighted by molar-refractivity contribution is 5.75. The lowest BCUT2D eigenvalue weighted by molar-refractivity contribution is 0.218. The van der Waals surface area contributed by atoms with Crippen LogP contribution >= 0.6 is 0 Å². The number of nitrogens with zero attached hydrogens (tertiary/aromatic N) is 1. The second kappa shape index (κ2) is 3.25. The topological polar surface area (TPSA) is 33.6 Å². The molecule has 0 aromatic carbocycles. The van der Waals surface area contributed by atoms with Crippen LogP contribution in [0.1, 0.15) is 13.8 Å². The van der Waals surface area contributed by atoms with Crippen molar-refractivity contribution < 1.29 is 4.74 Å². The number of nitrogens with one attached hydrogen (secondary N) is 1. The van der Waals surface area contributed by atoms with Gasteiger partial charge in [-0.2, -0.15) is 0 Å². The molecule has 1 rings (SSSR count). The van der Waals surface area contributed by atoms with Crippen molar-refractivity contribution in [2.24, 2.45) is 4.99 Å². The van der Waals surface area contributed by atoms with Crippen LogP contribution in [-0.4, -0.2) is 18.7 Å². The molecule has 0 saturated carbocycles. The van der Waals surface area contributed by atoms with Crippen LogP contribution in [0.25, 0.3) is 0 Å². The smallest absolute Gasteiger partial charge is 0.289 e. The molecule has 0 atom stereocenters. The van der Waals surface area contributed by atoms with Gasteiger partial charge in [0.15, 0.2) is 0 Å². The van der Waals surface area contributed by atoms with E-state index >= 15 is 0 Å². The Labute approximate surface area is 60.8 Å². The third-order valence-corrected chi connectivity index (χ3v) is 1.01. The van der Waals surface area contributed by atoms with Crippen LogP contribution in [0.3, 0.4) is 0 Å². The summed E-state index contributed by atoms with van der Waals surface area (Å²) in [6.45, 7) is 4.67. The summed E-state index contributed by atoms with van der Waals surface area (Å²) in [6, 6.07) is 0.623. The number of ether oxygens (including phenoxy) is 1. The molecule has 0 radical (unpaired) electrons. The van der Waals surface area contributed by atoms with Gasteiger partial charge >= 0.3 is 0 Å². The van der Waals surface area contributed by atoms with E-state index in [1.807, 2.05) is 26.1 Å². The summed E-state index contributed by atoms with van der Waals surface area (Å²) in [5, 5.41) is 2.90. The van der Waals surface area contributed by atoms with Crippen LogP contribution in [0.15, 0.2) is 17.3 Å². The van der Waals surface area contributed by atoms with Crippen molar-refractivity contribution in [3.05, 3.63) is 12.3 Å². The summed E-state index contributed by atoms with van der Waals surface area (Å²) in [6.07, 6.45) is 3.97. The summed E-state index contributed by atoms with van der Waals surface area (Å²) in [5.41, 5.74) is 0. The molecule has 3 heteroatoms. The van der Waals surface area contributed by atoms with Crippen molar-refractivity contribution >= 4 is 6.02 Å². The fraction of sp³-hybridized carbons (Fsp3) is 0.571. The second-order valence-corrected chi connectivity index (χ2v) is 2.36. The van der Waals surface area contributed by atoms with Gasteiger partial charge in [-0.1, -0.05) is 0 Å². The Morgan fingerprint density at radius 2 is 2.50 bits per heavy atom. The molecule has 0 saturated heterocycles. The van der Waals surface area contributed by atoms with Crippen LogP contribution in [-0.2, 0) is 4.74 Å². The highest BCUT2D eigenvalue weighted by atomic mass is 16.5. The third kappa shape index (κ3) is 2.09. The number of aliphatic imine (C=N–C) groups is 1. The first-order chi connectivity index (χ1) is 4.79. The zero-order valence-corrected chi connectivity index (χ0v) is 6.29. The van der Waals surface area contributed by atoms with E-state index in [2.05, 4.69) is 10.3 Å². The molecule has 0 spiro atoms. The normalized spacial score (nSPS) is 16.5. The molecule has 1 heterocycles. The van der Waals surface area contributed by atoms with Gasteiger partial charge in [-0.05, 0) is 19.9 Å². The van der Waals surface area contributed by atoms with Crippen LogP contribution in [0.4, 0.5) is 0 Å². The maximum Gasteiger partial charge on any atom is 0.289 e. The van der Waals surface area contributed by atoms with E-state index in [1.54, 1.807) is 0 Å². The molecule has 0 aromatic heterocycles. The maximum absolute atomic E-state index is 5.28. The first-order valence-corrected chi connectivity index (χ1v) is 3.41. The van der Waals surface area contributed by atoms with Crippen molar-refractivity contribution in [2.75, 3.05) is 6.54 Å². The van der Waals surface area contributed by atoms with E-state index < -0.39 is 0 Å². The molecule has 0 fully saturated rings. The first kappa shape index (κ1) is 7.12. The van der Waals surface area contributed by atoms with Crippen LogP contribution in [0.5, 0.6) is 0 Å². The SMILES string of the molecule is CC(C)OC1=NCC=CN1. The molecule has 3 nitrogen and oxygen atoms in total. The monoisotopic (exact) mass is 140 g/mol. The molecule has 0 bridgehead atoms. The van der Waals surface area contributed by atoms with Gasteiger partial charge in [0.1, 0.15) is 0 Å². The Balaban J connectivity index is 2.34. The van der Waals surface area contributed by atoms with Gasteiger partial charge < -0.3 is 10.1 Å². The molecule has 56 valence electrons. The molecular formula is C7H12N2O. The summed E-state index contributed by atoms with van der Waals surface area (Å²) in [4.78, 5) is 4.07. The molecule has 1 aliphatic rings. The van der Waals surface area contributed by atoms with Crippen LogP contribution in [0, 0.1) is 0 Å². The minimum atomic E-state index is 0.192. The summed E-state index contributed by atoms with van der Waals surface area (Å²) < 4.78 is 5.28. The van der Waals surface area contributed by atoms with Crippen molar-refractivity contribution in [3.8, 4) is 0 Å². The molecule has 1 aliphatic heterocycles. The molecule has 0 unspecified atom stereocenters. The predicted octanol–water partition coefficient (Wildman–Crippen LogP) is 0.884. The molecule has 0 aliphatic carbocycles. The second-order valence-electron chi connectivity index (χ2n) is 2.36. The van der Waals surface area contributed by atoms with E-state index in [0.29, 0.717) is 6.02 Å². The van der Waals surface area contributed by atoms with E-state index in [4.69, 9.17) is 4.74 Å². The third-order valence-electron chi connectivity index (χ3n) is 1.01. The Morgan fingerprint density at radius 3 is 3.00 bits per heavy atom.